The van der Waals surface area contributed by atoms with Gasteiger partial charge in [0, 0.05) is 26.2 Å². The summed E-state index contributed by atoms with van der Waals surface area (Å²) in [6, 6.07) is -0.246. The molecule has 1 aromatic heterocycles. The molecule has 1 saturated heterocycles. The maximum atomic E-state index is 12.7. The number of hydrogen-bond acceptors (Lipinski definition) is 7. The number of aliphatic hydroxyl groups is 1. The molecule has 8 nitrogen and oxygen atoms in total. The fourth-order valence-electron chi connectivity index (χ4n) is 2.46. The summed E-state index contributed by atoms with van der Waals surface area (Å²) >= 11 is 0. The van der Waals surface area contributed by atoms with Crippen LogP contribution in [0.5, 0.6) is 0 Å². The molecule has 9 heteroatoms. The number of nitrogens with one attached hydrogen (secondary N) is 1. The molecule has 1 aliphatic heterocycles. The van der Waals surface area contributed by atoms with Gasteiger partial charge < -0.3 is 15.3 Å². The molecule has 0 radical (unpaired) electrons. The molecular formula is C12H21N5O3S. The minimum Gasteiger partial charge on any atom is -0.392 e. The van der Waals surface area contributed by atoms with Crippen LogP contribution in [0, 0.1) is 0 Å². The van der Waals surface area contributed by atoms with Crippen molar-refractivity contribution in [3.05, 3.63) is 12.4 Å². The molecule has 1 aliphatic rings. The third-order valence-electron chi connectivity index (χ3n) is 3.38. The standard InChI is InChI=1S/C12H21N5O3S/c1-13-12-14-5-11(6-15-12)21(19,20)17-8-10(18)4-9(17)7-16(2)3/h5-6,9-10,18H,4,7-8H2,1-3H3,(H,13,14,15). The second-order valence-electron chi connectivity index (χ2n) is 5.37. The SMILES string of the molecule is CNc1ncc(S(=O)(=O)N2CC(O)CC2CN(C)C)cn1. The number of β-amino-alcohol motifs (C(OH)–C–C–N with tert-alkyl or cyclic N) is 1. The topological polar surface area (TPSA) is 98.7 Å². The Labute approximate surface area is 124 Å². The van der Waals surface area contributed by atoms with Gasteiger partial charge in [-0.05, 0) is 20.5 Å². The van der Waals surface area contributed by atoms with Crippen LogP contribution in [0.15, 0.2) is 17.3 Å². The van der Waals surface area contributed by atoms with Crippen LogP contribution in [0.2, 0.25) is 0 Å². The lowest BCUT2D eigenvalue weighted by molar-refractivity contribution is 0.188. The minimum atomic E-state index is -3.70. The average Bonchev–Trinajstić information content (AvgIpc) is 2.79. The number of likely N-dealkylation sites (N-methyl/N-ethyl adjacent to an activating group) is 1. The molecule has 0 bridgehead atoms. The first-order valence-electron chi connectivity index (χ1n) is 6.69. The van der Waals surface area contributed by atoms with Gasteiger partial charge in [-0.3, -0.25) is 0 Å². The van der Waals surface area contributed by atoms with E-state index in [9.17, 15) is 13.5 Å². The highest BCUT2D eigenvalue weighted by atomic mass is 32.2. The lowest BCUT2D eigenvalue weighted by atomic mass is 10.2. The van der Waals surface area contributed by atoms with E-state index in [4.69, 9.17) is 0 Å². The van der Waals surface area contributed by atoms with Crippen molar-refractivity contribution in [1.29, 1.82) is 0 Å². The zero-order valence-corrected chi connectivity index (χ0v) is 13.2. The Bertz CT molecular complexity index is 575. The van der Waals surface area contributed by atoms with Gasteiger partial charge in [0.15, 0.2) is 0 Å². The first-order chi connectivity index (χ1) is 9.84. The van der Waals surface area contributed by atoms with E-state index in [2.05, 4.69) is 15.3 Å². The number of hydrogen-bond donors (Lipinski definition) is 2. The van der Waals surface area contributed by atoms with E-state index in [1.807, 2.05) is 19.0 Å². The minimum absolute atomic E-state index is 0.0411. The summed E-state index contributed by atoms with van der Waals surface area (Å²) in [5, 5.41) is 12.5. The fourth-order valence-corrected chi connectivity index (χ4v) is 4.01. The first kappa shape index (κ1) is 16.1. The van der Waals surface area contributed by atoms with Crippen molar-refractivity contribution < 1.29 is 13.5 Å². The summed E-state index contributed by atoms with van der Waals surface area (Å²) < 4.78 is 26.7. The number of aromatic nitrogens is 2. The molecule has 0 aromatic carbocycles. The normalized spacial score (nSPS) is 23.7. The molecule has 2 N–H and O–H groups in total. The van der Waals surface area contributed by atoms with Crippen LogP contribution in [-0.4, -0.2) is 79.1 Å². The van der Waals surface area contributed by atoms with E-state index in [1.165, 1.54) is 16.7 Å². The van der Waals surface area contributed by atoms with Crippen molar-refractivity contribution in [3.63, 3.8) is 0 Å². The molecule has 1 fully saturated rings. The van der Waals surface area contributed by atoms with E-state index in [0.29, 0.717) is 18.9 Å². The molecule has 2 atom stereocenters. The third kappa shape index (κ3) is 3.49. The van der Waals surface area contributed by atoms with Crippen molar-refractivity contribution in [2.24, 2.45) is 0 Å². The molecule has 1 aromatic rings. The Kier molecular flexibility index (Phi) is 4.77. The predicted octanol–water partition coefficient (Wildman–Crippen LogP) is -0.796. The first-order valence-corrected chi connectivity index (χ1v) is 8.13. The predicted molar refractivity (Wildman–Crippen MR) is 78.4 cm³/mol. The average molecular weight is 315 g/mol. The Balaban J connectivity index is 2.27. The van der Waals surface area contributed by atoms with Gasteiger partial charge in [-0.1, -0.05) is 0 Å². The summed E-state index contributed by atoms with van der Waals surface area (Å²) in [4.78, 5) is 9.83. The highest BCUT2D eigenvalue weighted by Gasteiger charge is 2.40. The van der Waals surface area contributed by atoms with Crippen molar-refractivity contribution >= 4 is 16.0 Å². The van der Waals surface area contributed by atoms with Gasteiger partial charge in [0.25, 0.3) is 0 Å². The number of anilines is 1. The summed E-state index contributed by atoms with van der Waals surface area (Å²) in [6.07, 6.45) is 2.37. The molecule has 0 spiro atoms. The van der Waals surface area contributed by atoms with Gasteiger partial charge in [0.1, 0.15) is 4.90 Å². The maximum Gasteiger partial charge on any atom is 0.246 e. The van der Waals surface area contributed by atoms with Gasteiger partial charge >= 0.3 is 0 Å². The van der Waals surface area contributed by atoms with E-state index >= 15 is 0 Å². The summed E-state index contributed by atoms with van der Waals surface area (Å²) in [5.41, 5.74) is 0. The summed E-state index contributed by atoms with van der Waals surface area (Å²) in [7, 11) is 1.71. The van der Waals surface area contributed by atoms with Gasteiger partial charge in [-0.2, -0.15) is 4.31 Å². The summed E-state index contributed by atoms with van der Waals surface area (Å²) in [6.45, 7) is 0.667. The van der Waals surface area contributed by atoms with Gasteiger partial charge in [0.05, 0.1) is 18.5 Å². The molecular weight excluding hydrogens is 294 g/mol. The third-order valence-corrected chi connectivity index (χ3v) is 5.25. The maximum absolute atomic E-state index is 12.7. The van der Waals surface area contributed by atoms with Crippen molar-refractivity contribution in [3.8, 4) is 0 Å². The van der Waals surface area contributed by atoms with Gasteiger partial charge in [0.2, 0.25) is 16.0 Å². The number of rotatable bonds is 5. The van der Waals surface area contributed by atoms with Crippen LogP contribution < -0.4 is 5.32 Å². The van der Waals surface area contributed by atoms with Crippen molar-refractivity contribution in [2.75, 3.05) is 39.5 Å². The van der Waals surface area contributed by atoms with E-state index < -0.39 is 16.1 Å². The molecule has 0 amide bonds. The lowest BCUT2D eigenvalue weighted by Gasteiger charge is -2.25. The van der Waals surface area contributed by atoms with Gasteiger partial charge in [-0.15, -0.1) is 0 Å². The monoisotopic (exact) mass is 315 g/mol. The van der Waals surface area contributed by atoms with E-state index in [1.54, 1.807) is 7.05 Å². The Morgan fingerprint density at radius 2 is 2.05 bits per heavy atom. The number of sulfonamides is 1. The zero-order chi connectivity index (χ0) is 15.6. The molecule has 0 aliphatic carbocycles. The Hall–Kier alpha value is -1.29. The number of aliphatic hydroxyl groups excluding tert-OH is 1. The summed E-state index contributed by atoms with van der Waals surface area (Å²) in [5.74, 6) is 0.361. The van der Waals surface area contributed by atoms with E-state index in [-0.39, 0.29) is 17.5 Å². The number of nitrogens with zero attached hydrogens (tertiary/aromatic N) is 4. The molecule has 118 valence electrons. The smallest absolute Gasteiger partial charge is 0.246 e. The van der Waals surface area contributed by atoms with Crippen molar-refractivity contribution in [2.45, 2.75) is 23.5 Å². The molecule has 2 heterocycles. The zero-order valence-electron chi connectivity index (χ0n) is 12.4. The second-order valence-corrected chi connectivity index (χ2v) is 7.26. The fraction of sp³-hybridized carbons (Fsp3) is 0.667. The van der Waals surface area contributed by atoms with Crippen LogP contribution >= 0.6 is 0 Å². The highest BCUT2D eigenvalue weighted by molar-refractivity contribution is 7.89. The van der Waals surface area contributed by atoms with Crippen LogP contribution in [0.1, 0.15) is 6.42 Å². The molecule has 2 rings (SSSR count). The molecule has 21 heavy (non-hydrogen) atoms. The van der Waals surface area contributed by atoms with Crippen LogP contribution in [0.25, 0.3) is 0 Å². The second kappa shape index (κ2) is 6.22. The molecule has 0 saturated carbocycles. The van der Waals surface area contributed by atoms with Crippen LogP contribution in [0.3, 0.4) is 0 Å². The largest absolute Gasteiger partial charge is 0.392 e. The van der Waals surface area contributed by atoms with E-state index in [0.717, 1.165) is 0 Å². The van der Waals surface area contributed by atoms with Gasteiger partial charge in [-0.25, -0.2) is 18.4 Å². The molecule has 2 unspecified atom stereocenters. The Morgan fingerprint density at radius 3 is 2.57 bits per heavy atom. The quantitative estimate of drug-likeness (QED) is 0.734. The lowest BCUT2D eigenvalue weighted by Crippen LogP contribution is -2.41. The Morgan fingerprint density at radius 1 is 1.43 bits per heavy atom. The highest BCUT2D eigenvalue weighted by Crippen LogP contribution is 2.26. The van der Waals surface area contributed by atoms with Crippen molar-refractivity contribution in [1.82, 2.24) is 19.2 Å². The van der Waals surface area contributed by atoms with Crippen LogP contribution in [0.4, 0.5) is 5.95 Å². The van der Waals surface area contributed by atoms with Crippen LogP contribution in [-0.2, 0) is 10.0 Å².